The molecule has 2 nitrogen and oxygen atoms in total. The molecular formula is C48H32N2S. The van der Waals surface area contributed by atoms with Gasteiger partial charge in [-0.15, -0.1) is 11.3 Å². The summed E-state index contributed by atoms with van der Waals surface area (Å²) in [5.41, 5.74) is 6.71. The van der Waals surface area contributed by atoms with E-state index < -0.39 is 0 Å². The number of hydrogen-bond donors (Lipinski definition) is 0. The number of hydrogen-bond acceptors (Lipinski definition) is 3. The lowest BCUT2D eigenvalue weighted by Gasteiger charge is -2.28. The summed E-state index contributed by atoms with van der Waals surface area (Å²) in [5, 5.41) is 10.2. The number of rotatable bonds is 6. The molecule has 0 amide bonds. The normalized spacial score (nSPS) is 11.5. The molecule has 0 atom stereocenters. The van der Waals surface area contributed by atoms with Crippen LogP contribution in [-0.2, 0) is 0 Å². The molecule has 0 unspecified atom stereocenters. The maximum atomic E-state index is 2.40. The van der Waals surface area contributed by atoms with Gasteiger partial charge >= 0.3 is 0 Å². The van der Waals surface area contributed by atoms with Crippen molar-refractivity contribution in [2.45, 2.75) is 0 Å². The quantitative estimate of drug-likeness (QED) is 0.163. The Morgan fingerprint density at radius 1 is 0.255 bits per heavy atom. The molecule has 0 fully saturated rings. The third kappa shape index (κ3) is 5.10. The third-order valence-electron chi connectivity index (χ3n) is 10.00. The monoisotopic (exact) mass is 668 g/mol. The van der Waals surface area contributed by atoms with Crippen LogP contribution < -0.4 is 9.80 Å². The second-order valence-corrected chi connectivity index (χ2v) is 14.1. The second-order valence-electron chi connectivity index (χ2n) is 13.0. The minimum absolute atomic E-state index is 1.10. The summed E-state index contributed by atoms with van der Waals surface area (Å²) in [6.45, 7) is 0. The van der Waals surface area contributed by atoms with Crippen molar-refractivity contribution in [2.24, 2.45) is 0 Å². The molecule has 0 radical (unpaired) electrons. The fraction of sp³-hybridized carbons (Fsp3) is 0. The highest BCUT2D eigenvalue weighted by Crippen LogP contribution is 2.43. The molecule has 3 heteroatoms. The molecule has 10 aromatic rings. The lowest BCUT2D eigenvalue weighted by Crippen LogP contribution is -2.12. The molecule has 0 spiro atoms. The first-order chi connectivity index (χ1) is 25.3. The zero-order chi connectivity index (χ0) is 33.7. The van der Waals surface area contributed by atoms with Crippen molar-refractivity contribution in [3.63, 3.8) is 0 Å². The summed E-state index contributed by atoms with van der Waals surface area (Å²) in [6, 6.07) is 70.4. The van der Waals surface area contributed by atoms with Crippen LogP contribution in [0.2, 0.25) is 0 Å². The maximum Gasteiger partial charge on any atom is 0.0476 e. The topological polar surface area (TPSA) is 6.48 Å². The Bertz CT molecular complexity index is 2820. The van der Waals surface area contributed by atoms with Crippen LogP contribution in [0.4, 0.5) is 34.1 Å². The predicted molar refractivity (Wildman–Crippen MR) is 221 cm³/mol. The van der Waals surface area contributed by atoms with Crippen LogP contribution >= 0.6 is 11.3 Å². The summed E-state index contributed by atoms with van der Waals surface area (Å²) in [4.78, 5) is 4.70. The Kier molecular flexibility index (Phi) is 7.04. The lowest BCUT2D eigenvalue weighted by atomic mass is 9.96. The zero-order valence-corrected chi connectivity index (χ0v) is 28.6. The molecule has 0 aliphatic heterocycles. The van der Waals surface area contributed by atoms with E-state index in [4.69, 9.17) is 0 Å². The third-order valence-corrected chi connectivity index (χ3v) is 11.1. The molecule has 0 N–H and O–H groups in total. The molecule has 0 bridgehead atoms. The van der Waals surface area contributed by atoms with Crippen molar-refractivity contribution in [1.29, 1.82) is 0 Å². The van der Waals surface area contributed by atoms with E-state index in [0.29, 0.717) is 0 Å². The summed E-state index contributed by atoms with van der Waals surface area (Å²) in [5.74, 6) is 0. The molecule has 9 aromatic carbocycles. The molecule has 51 heavy (non-hydrogen) atoms. The van der Waals surface area contributed by atoms with E-state index in [2.05, 4.69) is 204 Å². The lowest BCUT2D eigenvalue weighted by molar-refractivity contribution is 1.26. The first-order valence-electron chi connectivity index (χ1n) is 17.3. The zero-order valence-electron chi connectivity index (χ0n) is 27.8. The highest BCUT2D eigenvalue weighted by atomic mass is 32.1. The Morgan fingerprint density at radius 3 is 1.37 bits per heavy atom. The standard InChI is InChI=1S/C48H32N2S/c1-3-12-35(13-4-1)49(36-14-5-2-6-15-36)37-21-23-38(24-22-37)50(40-26-30-46-45-17-9-10-18-47(45)51-48(46)32-40)39-25-29-42-34(31-39)20-28-43-41-16-8-7-11-33(41)19-27-44(42)43/h1-32H. The highest BCUT2D eigenvalue weighted by molar-refractivity contribution is 7.25. The minimum Gasteiger partial charge on any atom is -0.311 e. The van der Waals surface area contributed by atoms with Gasteiger partial charge in [-0.1, -0.05) is 115 Å². The number of para-hydroxylation sites is 2. The molecule has 0 aliphatic carbocycles. The van der Waals surface area contributed by atoms with E-state index in [1.807, 2.05) is 11.3 Å². The van der Waals surface area contributed by atoms with Crippen molar-refractivity contribution in [3.8, 4) is 0 Å². The Hall–Kier alpha value is -6.42. The van der Waals surface area contributed by atoms with Crippen LogP contribution in [-0.4, -0.2) is 0 Å². The number of anilines is 6. The molecule has 0 saturated heterocycles. The van der Waals surface area contributed by atoms with Gasteiger partial charge in [0.15, 0.2) is 0 Å². The smallest absolute Gasteiger partial charge is 0.0476 e. The summed E-state index contributed by atoms with van der Waals surface area (Å²) in [6.07, 6.45) is 0. The van der Waals surface area contributed by atoms with Gasteiger partial charge in [-0.2, -0.15) is 0 Å². The Labute approximate surface area is 300 Å². The number of nitrogens with zero attached hydrogens (tertiary/aromatic N) is 2. The fourth-order valence-corrected chi connectivity index (χ4v) is 8.75. The Morgan fingerprint density at radius 2 is 0.686 bits per heavy atom. The molecule has 1 aromatic heterocycles. The van der Waals surface area contributed by atoms with Crippen LogP contribution in [0.25, 0.3) is 52.5 Å². The van der Waals surface area contributed by atoms with E-state index in [1.54, 1.807) is 0 Å². The van der Waals surface area contributed by atoms with Gasteiger partial charge in [0.05, 0.1) is 0 Å². The summed E-state index contributed by atoms with van der Waals surface area (Å²) in [7, 11) is 0. The highest BCUT2D eigenvalue weighted by Gasteiger charge is 2.18. The summed E-state index contributed by atoms with van der Waals surface area (Å²) < 4.78 is 2.60. The van der Waals surface area contributed by atoms with Crippen molar-refractivity contribution in [1.82, 2.24) is 0 Å². The van der Waals surface area contributed by atoms with Gasteiger partial charge in [0.2, 0.25) is 0 Å². The van der Waals surface area contributed by atoms with E-state index in [1.165, 1.54) is 52.5 Å². The number of benzene rings is 9. The van der Waals surface area contributed by atoms with Gasteiger partial charge in [-0.25, -0.2) is 0 Å². The predicted octanol–water partition coefficient (Wildman–Crippen LogP) is 14.5. The van der Waals surface area contributed by atoms with Gasteiger partial charge in [-0.05, 0) is 111 Å². The van der Waals surface area contributed by atoms with E-state index in [9.17, 15) is 0 Å². The summed E-state index contributed by atoms with van der Waals surface area (Å²) >= 11 is 1.86. The Balaban J connectivity index is 1.13. The van der Waals surface area contributed by atoms with Crippen molar-refractivity contribution < 1.29 is 0 Å². The van der Waals surface area contributed by atoms with E-state index >= 15 is 0 Å². The van der Waals surface area contributed by atoms with Crippen molar-refractivity contribution >= 4 is 98.0 Å². The first kappa shape index (κ1) is 29.5. The van der Waals surface area contributed by atoms with E-state index in [-0.39, 0.29) is 0 Å². The van der Waals surface area contributed by atoms with Crippen LogP contribution in [0.1, 0.15) is 0 Å². The molecule has 1 heterocycles. The second kappa shape index (κ2) is 12.2. The molecule has 0 aliphatic rings. The van der Waals surface area contributed by atoms with Crippen LogP contribution in [0.15, 0.2) is 194 Å². The van der Waals surface area contributed by atoms with Gasteiger partial charge < -0.3 is 9.80 Å². The molecule has 10 rings (SSSR count). The molecular weight excluding hydrogens is 637 g/mol. The largest absolute Gasteiger partial charge is 0.311 e. The number of thiophene rings is 1. The average Bonchev–Trinajstić information content (AvgIpc) is 3.57. The van der Waals surface area contributed by atoms with Gasteiger partial charge in [0, 0.05) is 54.3 Å². The van der Waals surface area contributed by atoms with Crippen molar-refractivity contribution in [3.05, 3.63) is 194 Å². The van der Waals surface area contributed by atoms with Gasteiger partial charge in [-0.3, -0.25) is 0 Å². The maximum absolute atomic E-state index is 2.40. The molecule has 240 valence electrons. The van der Waals surface area contributed by atoms with Gasteiger partial charge in [0.25, 0.3) is 0 Å². The fourth-order valence-electron chi connectivity index (χ4n) is 7.61. The average molecular weight is 669 g/mol. The van der Waals surface area contributed by atoms with Gasteiger partial charge in [0.1, 0.15) is 0 Å². The van der Waals surface area contributed by atoms with E-state index in [0.717, 1.165) is 34.1 Å². The van der Waals surface area contributed by atoms with Crippen LogP contribution in [0.5, 0.6) is 0 Å². The van der Waals surface area contributed by atoms with Crippen molar-refractivity contribution in [2.75, 3.05) is 9.80 Å². The van der Waals surface area contributed by atoms with Crippen LogP contribution in [0, 0.1) is 0 Å². The molecule has 0 saturated carbocycles. The SMILES string of the molecule is c1ccc(N(c2ccccc2)c2ccc(N(c3ccc4c(ccc5c6ccccc6ccc45)c3)c3ccc4c(c3)sc3ccccc34)cc2)cc1. The minimum atomic E-state index is 1.10. The van der Waals surface area contributed by atoms with Crippen LogP contribution in [0.3, 0.4) is 0 Å². The number of fused-ring (bicyclic) bond motifs is 8. The first-order valence-corrected chi connectivity index (χ1v) is 18.2.